The highest BCUT2D eigenvalue weighted by Crippen LogP contribution is 2.57. The third-order valence-corrected chi connectivity index (χ3v) is 6.64. The number of rotatable bonds is 8. The lowest BCUT2D eigenvalue weighted by atomic mass is 9.92. The van der Waals surface area contributed by atoms with E-state index in [0.29, 0.717) is 19.4 Å². The Morgan fingerprint density at radius 3 is 2.69 bits per heavy atom. The molecule has 1 spiro atoms. The van der Waals surface area contributed by atoms with Crippen molar-refractivity contribution in [2.24, 2.45) is 12.5 Å². The van der Waals surface area contributed by atoms with Crippen LogP contribution in [0.15, 0.2) is 36.7 Å². The zero-order chi connectivity index (χ0) is 21.0. The number of aromatic nitrogens is 2. The topological polar surface area (TPSA) is 58.4 Å². The minimum Gasteiger partial charge on any atom is -0.339 e. The van der Waals surface area contributed by atoms with Gasteiger partial charge in [0.25, 0.3) is 0 Å². The summed E-state index contributed by atoms with van der Waals surface area (Å²) in [5.41, 5.74) is 1.28. The van der Waals surface area contributed by atoms with E-state index in [9.17, 15) is 9.59 Å². The van der Waals surface area contributed by atoms with Crippen LogP contribution in [-0.4, -0.2) is 50.3 Å². The van der Waals surface area contributed by atoms with Crippen molar-refractivity contribution < 1.29 is 9.59 Å². The molecule has 3 rings (SSSR count). The van der Waals surface area contributed by atoms with E-state index in [2.05, 4.69) is 18.5 Å². The van der Waals surface area contributed by atoms with Gasteiger partial charge in [0, 0.05) is 51.1 Å². The molecule has 1 aromatic heterocycles. The van der Waals surface area contributed by atoms with Crippen LogP contribution in [0.1, 0.15) is 58.2 Å². The van der Waals surface area contributed by atoms with Crippen LogP contribution >= 0.6 is 0 Å². The summed E-state index contributed by atoms with van der Waals surface area (Å²) < 4.78 is 1.98. The lowest BCUT2D eigenvalue weighted by molar-refractivity contribution is -0.134. The van der Waals surface area contributed by atoms with Gasteiger partial charge in [-0.2, -0.15) is 0 Å². The van der Waals surface area contributed by atoms with Gasteiger partial charge in [-0.05, 0) is 44.4 Å². The van der Waals surface area contributed by atoms with Crippen molar-refractivity contribution in [2.45, 2.75) is 65.0 Å². The summed E-state index contributed by atoms with van der Waals surface area (Å²) in [5.74, 6) is 1.21. The molecule has 0 N–H and O–H groups in total. The maximum atomic E-state index is 12.9. The van der Waals surface area contributed by atoms with Gasteiger partial charge in [0.05, 0.1) is 6.54 Å². The Morgan fingerprint density at radius 2 is 2.10 bits per heavy atom. The molecule has 1 aliphatic heterocycles. The molecular formula is C23H34N4O2. The number of carbonyl (C=O) groups is 2. The first-order valence-corrected chi connectivity index (χ1v) is 10.7. The Morgan fingerprint density at radius 1 is 1.38 bits per heavy atom. The number of aryl methyl sites for hydroxylation is 1. The minimum atomic E-state index is 0.128. The first-order chi connectivity index (χ1) is 13.9. The Labute approximate surface area is 174 Å². The first-order valence-electron chi connectivity index (χ1n) is 10.7. The van der Waals surface area contributed by atoms with Gasteiger partial charge in [-0.25, -0.2) is 4.98 Å². The van der Waals surface area contributed by atoms with Crippen molar-refractivity contribution in [1.29, 1.82) is 0 Å². The minimum absolute atomic E-state index is 0.128. The Kier molecular flexibility index (Phi) is 6.60. The molecule has 1 aromatic rings. The van der Waals surface area contributed by atoms with Gasteiger partial charge in [0.15, 0.2) is 0 Å². The predicted octanol–water partition coefficient (Wildman–Crippen LogP) is 3.45. The van der Waals surface area contributed by atoms with Crippen LogP contribution in [0.5, 0.6) is 0 Å². The van der Waals surface area contributed by atoms with E-state index < -0.39 is 0 Å². The Balaban J connectivity index is 1.65. The van der Waals surface area contributed by atoms with Gasteiger partial charge in [0.1, 0.15) is 5.82 Å². The van der Waals surface area contributed by atoms with Gasteiger partial charge in [-0.3, -0.25) is 9.59 Å². The van der Waals surface area contributed by atoms with Crippen LogP contribution in [0.3, 0.4) is 0 Å². The molecule has 1 atom stereocenters. The van der Waals surface area contributed by atoms with Gasteiger partial charge in [-0.15, -0.1) is 6.58 Å². The number of allylic oxidation sites excluding steroid dienone is 2. The SMILES string of the molecule is C=CCCC(=O)N(Cc1nccn1C)C1CC12CCN(C(=O)C=C(C)CC)CC2. The fraction of sp³-hybridized carbons (Fsp3) is 0.609. The molecule has 0 bridgehead atoms. The number of amides is 2. The quantitative estimate of drug-likeness (QED) is 0.498. The van der Waals surface area contributed by atoms with Crippen molar-refractivity contribution in [1.82, 2.24) is 19.4 Å². The van der Waals surface area contributed by atoms with Crippen molar-refractivity contribution in [3.8, 4) is 0 Å². The molecule has 1 saturated heterocycles. The second kappa shape index (κ2) is 8.97. The zero-order valence-corrected chi connectivity index (χ0v) is 18.1. The highest BCUT2D eigenvalue weighted by atomic mass is 16.2. The van der Waals surface area contributed by atoms with Crippen molar-refractivity contribution in [2.75, 3.05) is 13.1 Å². The third-order valence-electron chi connectivity index (χ3n) is 6.64. The molecule has 2 fully saturated rings. The van der Waals surface area contributed by atoms with Crippen LogP contribution in [0, 0.1) is 5.41 Å². The summed E-state index contributed by atoms with van der Waals surface area (Å²) in [6.45, 7) is 9.92. The summed E-state index contributed by atoms with van der Waals surface area (Å²) in [7, 11) is 1.97. The lowest BCUT2D eigenvalue weighted by Crippen LogP contribution is -2.42. The average molecular weight is 399 g/mol. The normalized spacial score (nSPS) is 20.6. The van der Waals surface area contributed by atoms with E-state index in [0.717, 1.165) is 50.2 Å². The van der Waals surface area contributed by atoms with E-state index in [-0.39, 0.29) is 23.3 Å². The first kappa shape index (κ1) is 21.3. The van der Waals surface area contributed by atoms with E-state index in [4.69, 9.17) is 0 Å². The number of hydrogen-bond acceptors (Lipinski definition) is 3. The molecule has 2 heterocycles. The van der Waals surface area contributed by atoms with Crippen LogP contribution in [0.2, 0.25) is 0 Å². The number of hydrogen-bond donors (Lipinski definition) is 0. The monoisotopic (exact) mass is 398 g/mol. The molecule has 6 nitrogen and oxygen atoms in total. The highest BCUT2D eigenvalue weighted by Gasteiger charge is 2.58. The highest BCUT2D eigenvalue weighted by molar-refractivity contribution is 5.88. The summed E-state index contributed by atoms with van der Waals surface area (Å²) in [6, 6.07) is 0.252. The molecule has 2 amide bonds. The van der Waals surface area contributed by atoms with E-state index in [1.807, 2.05) is 34.5 Å². The van der Waals surface area contributed by atoms with Gasteiger partial charge < -0.3 is 14.4 Å². The van der Waals surface area contributed by atoms with Gasteiger partial charge >= 0.3 is 0 Å². The summed E-state index contributed by atoms with van der Waals surface area (Å²) in [6.07, 6.45) is 12.3. The number of imidazole rings is 1. The standard InChI is InChI=1S/C23H34N4O2/c1-5-7-8-21(28)27(17-20-24-11-14-25(20)4)19-16-23(19)9-12-26(13-10-23)22(29)15-18(3)6-2/h5,11,14-15,19H,1,6-10,12-13,16-17H2,2-4H3. The maximum absolute atomic E-state index is 12.9. The molecule has 29 heavy (non-hydrogen) atoms. The van der Waals surface area contributed by atoms with E-state index >= 15 is 0 Å². The van der Waals surface area contributed by atoms with Crippen molar-refractivity contribution >= 4 is 11.8 Å². The van der Waals surface area contributed by atoms with Crippen LogP contribution in [0.25, 0.3) is 0 Å². The van der Waals surface area contributed by atoms with Crippen molar-refractivity contribution in [3.63, 3.8) is 0 Å². The Hall–Kier alpha value is -2.37. The number of nitrogens with zero attached hydrogens (tertiary/aromatic N) is 4. The fourth-order valence-electron chi connectivity index (χ4n) is 4.32. The van der Waals surface area contributed by atoms with Gasteiger partial charge in [-0.1, -0.05) is 18.6 Å². The van der Waals surface area contributed by atoms with Crippen LogP contribution in [0.4, 0.5) is 0 Å². The molecule has 158 valence electrons. The largest absolute Gasteiger partial charge is 0.339 e. The lowest BCUT2D eigenvalue weighted by Gasteiger charge is -2.34. The smallest absolute Gasteiger partial charge is 0.246 e. The molecule has 0 radical (unpaired) electrons. The summed E-state index contributed by atoms with van der Waals surface area (Å²) >= 11 is 0. The molecular weight excluding hydrogens is 364 g/mol. The van der Waals surface area contributed by atoms with Crippen molar-refractivity contribution in [3.05, 3.63) is 42.5 Å². The van der Waals surface area contributed by atoms with E-state index in [1.54, 1.807) is 18.3 Å². The summed E-state index contributed by atoms with van der Waals surface area (Å²) in [5, 5.41) is 0. The number of carbonyl (C=O) groups excluding carboxylic acids is 2. The van der Waals surface area contributed by atoms with E-state index in [1.165, 1.54) is 0 Å². The predicted molar refractivity (Wildman–Crippen MR) is 114 cm³/mol. The molecule has 1 unspecified atom stereocenters. The molecule has 2 aliphatic rings. The average Bonchev–Trinajstić information content (AvgIpc) is 3.24. The molecule has 0 aromatic carbocycles. The molecule has 1 aliphatic carbocycles. The molecule has 1 saturated carbocycles. The Bertz CT molecular complexity index is 787. The molecule has 6 heteroatoms. The number of likely N-dealkylation sites (tertiary alicyclic amines) is 1. The second-order valence-corrected chi connectivity index (χ2v) is 8.56. The number of piperidine rings is 1. The second-order valence-electron chi connectivity index (χ2n) is 8.56. The summed E-state index contributed by atoms with van der Waals surface area (Å²) in [4.78, 5) is 33.8. The maximum Gasteiger partial charge on any atom is 0.246 e. The van der Waals surface area contributed by atoms with Gasteiger partial charge in [0.2, 0.25) is 11.8 Å². The zero-order valence-electron chi connectivity index (χ0n) is 18.1. The van der Waals surface area contributed by atoms with Crippen LogP contribution in [-0.2, 0) is 23.2 Å². The third kappa shape index (κ3) is 4.80. The fourth-order valence-corrected chi connectivity index (χ4v) is 4.32. The van der Waals surface area contributed by atoms with Crippen LogP contribution < -0.4 is 0 Å².